The first-order valence-corrected chi connectivity index (χ1v) is 4.43. The molecule has 0 radical (unpaired) electrons. The first-order chi connectivity index (χ1) is 5.73. The van der Waals surface area contributed by atoms with E-state index in [2.05, 4.69) is 10.6 Å². The van der Waals surface area contributed by atoms with E-state index in [0.717, 1.165) is 25.9 Å². The minimum atomic E-state index is -0.883. The molecular weight excluding hydrogens is 156 g/mol. The van der Waals surface area contributed by atoms with Crippen molar-refractivity contribution in [2.45, 2.75) is 25.3 Å². The average Bonchev–Trinajstić information content (AvgIpc) is 2.48. The largest absolute Gasteiger partial charge is 0.465 e. The van der Waals surface area contributed by atoms with Gasteiger partial charge in [-0.15, -0.1) is 0 Å². The van der Waals surface area contributed by atoms with Crippen molar-refractivity contribution in [1.29, 1.82) is 0 Å². The zero-order valence-electron chi connectivity index (χ0n) is 6.97. The molecule has 1 saturated carbocycles. The Kier molecular flexibility index (Phi) is 1.72. The first kappa shape index (κ1) is 7.86. The highest BCUT2D eigenvalue weighted by Crippen LogP contribution is 2.45. The predicted octanol–water partition coefficient (Wildman–Crippen LogP) is 0.396. The van der Waals surface area contributed by atoms with E-state index in [1.807, 2.05) is 0 Å². The smallest absolute Gasteiger partial charge is 0.404 e. The van der Waals surface area contributed by atoms with Gasteiger partial charge in [0.05, 0.1) is 0 Å². The summed E-state index contributed by atoms with van der Waals surface area (Å²) in [6.45, 7) is 2.02. The molecule has 2 aliphatic rings. The highest BCUT2D eigenvalue weighted by Gasteiger charge is 2.48. The fraction of sp³-hybridized carbons (Fsp3) is 0.875. The monoisotopic (exact) mass is 170 g/mol. The number of hydrogen-bond acceptors (Lipinski definition) is 2. The number of amides is 1. The second-order valence-electron chi connectivity index (χ2n) is 3.83. The Balaban J connectivity index is 1.95. The lowest BCUT2D eigenvalue weighted by Crippen LogP contribution is -2.55. The minimum Gasteiger partial charge on any atom is -0.465 e. The number of hydrogen-bond donors (Lipinski definition) is 3. The number of carboxylic acid groups (broad SMARTS) is 1. The van der Waals surface area contributed by atoms with Gasteiger partial charge in [-0.25, -0.2) is 4.79 Å². The second kappa shape index (κ2) is 2.62. The predicted molar refractivity (Wildman–Crippen MR) is 44.1 cm³/mol. The van der Waals surface area contributed by atoms with Crippen LogP contribution in [-0.2, 0) is 0 Å². The summed E-state index contributed by atoms with van der Waals surface area (Å²) in [5.74, 6) is 0. The Hall–Kier alpha value is -0.770. The van der Waals surface area contributed by atoms with Crippen molar-refractivity contribution in [1.82, 2.24) is 10.6 Å². The van der Waals surface area contributed by atoms with Gasteiger partial charge in [0.15, 0.2) is 0 Å². The van der Waals surface area contributed by atoms with E-state index in [1.54, 1.807) is 0 Å². The van der Waals surface area contributed by atoms with E-state index >= 15 is 0 Å². The zero-order chi connectivity index (χ0) is 8.60. The highest BCUT2D eigenvalue weighted by molar-refractivity contribution is 5.65. The quantitative estimate of drug-likeness (QED) is 0.533. The lowest BCUT2D eigenvalue weighted by Gasteiger charge is -2.46. The van der Waals surface area contributed by atoms with Crippen molar-refractivity contribution in [2.75, 3.05) is 13.1 Å². The topological polar surface area (TPSA) is 61.4 Å². The molecule has 0 aromatic heterocycles. The maximum atomic E-state index is 10.4. The van der Waals surface area contributed by atoms with Gasteiger partial charge in [0.1, 0.15) is 0 Å². The second-order valence-corrected chi connectivity index (χ2v) is 3.83. The molecule has 1 aliphatic heterocycles. The van der Waals surface area contributed by atoms with Crippen LogP contribution in [0.1, 0.15) is 19.3 Å². The molecule has 0 bridgehead atoms. The molecule has 4 heteroatoms. The Morgan fingerprint density at radius 1 is 1.58 bits per heavy atom. The van der Waals surface area contributed by atoms with Crippen LogP contribution in [0.4, 0.5) is 4.79 Å². The number of carbonyl (C=O) groups is 1. The van der Waals surface area contributed by atoms with E-state index in [0.29, 0.717) is 0 Å². The molecule has 1 heterocycles. The number of rotatable bonds is 1. The lowest BCUT2D eigenvalue weighted by molar-refractivity contribution is 0.0842. The molecule has 0 aromatic carbocycles. The highest BCUT2D eigenvalue weighted by atomic mass is 16.4. The van der Waals surface area contributed by atoms with E-state index in [4.69, 9.17) is 5.11 Å². The molecule has 3 N–H and O–H groups in total. The van der Waals surface area contributed by atoms with Gasteiger partial charge in [-0.05, 0) is 25.8 Å². The Bertz CT molecular complexity index is 199. The Morgan fingerprint density at radius 3 is 2.83 bits per heavy atom. The van der Waals surface area contributed by atoms with Crippen molar-refractivity contribution in [3.05, 3.63) is 0 Å². The van der Waals surface area contributed by atoms with Gasteiger partial charge in [0.25, 0.3) is 0 Å². The van der Waals surface area contributed by atoms with Crippen molar-refractivity contribution >= 4 is 6.09 Å². The molecule has 68 valence electrons. The van der Waals surface area contributed by atoms with Crippen molar-refractivity contribution in [2.24, 2.45) is 5.41 Å². The third-order valence-electron chi connectivity index (χ3n) is 3.24. The van der Waals surface area contributed by atoms with Gasteiger partial charge in [0, 0.05) is 18.0 Å². The Morgan fingerprint density at radius 2 is 2.42 bits per heavy atom. The van der Waals surface area contributed by atoms with Gasteiger partial charge in [-0.3, -0.25) is 0 Å². The van der Waals surface area contributed by atoms with Gasteiger partial charge < -0.3 is 15.7 Å². The molecule has 2 atom stereocenters. The van der Waals surface area contributed by atoms with Crippen LogP contribution in [0, 0.1) is 5.41 Å². The third kappa shape index (κ3) is 1.06. The van der Waals surface area contributed by atoms with E-state index in [-0.39, 0.29) is 11.5 Å². The summed E-state index contributed by atoms with van der Waals surface area (Å²) in [4.78, 5) is 10.4. The maximum absolute atomic E-state index is 10.4. The average molecular weight is 170 g/mol. The molecule has 1 amide bonds. The number of nitrogens with one attached hydrogen (secondary N) is 2. The van der Waals surface area contributed by atoms with Crippen LogP contribution in [0.25, 0.3) is 0 Å². The van der Waals surface area contributed by atoms with Crippen LogP contribution in [-0.4, -0.2) is 30.3 Å². The van der Waals surface area contributed by atoms with Gasteiger partial charge in [0.2, 0.25) is 0 Å². The molecule has 1 spiro atoms. The van der Waals surface area contributed by atoms with Crippen molar-refractivity contribution < 1.29 is 9.90 Å². The Labute approximate surface area is 71.3 Å². The van der Waals surface area contributed by atoms with Crippen molar-refractivity contribution in [3.8, 4) is 0 Å². The molecule has 2 unspecified atom stereocenters. The fourth-order valence-corrected chi connectivity index (χ4v) is 2.35. The summed E-state index contributed by atoms with van der Waals surface area (Å²) >= 11 is 0. The van der Waals surface area contributed by atoms with Gasteiger partial charge in [-0.2, -0.15) is 0 Å². The maximum Gasteiger partial charge on any atom is 0.404 e. The third-order valence-corrected chi connectivity index (χ3v) is 3.24. The van der Waals surface area contributed by atoms with Crippen molar-refractivity contribution in [3.63, 3.8) is 0 Å². The van der Waals surface area contributed by atoms with Crippen LogP contribution in [0.3, 0.4) is 0 Å². The van der Waals surface area contributed by atoms with E-state index in [1.165, 1.54) is 6.42 Å². The molecule has 12 heavy (non-hydrogen) atoms. The summed E-state index contributed by atoms with van der Waals surface area (Å²) < 4.78 is 0. The molecular formula is C8H14N2O2. The summed E-state index contributed by atoms with van der Waals surface area (Å²) in [6, 6.07) is 0.199. The van der Waals surface area contributed by atoms with Crippen LogP contribution < -0.4 is 10.6 Å². The molecule has 1 saturated heterocycles. The molecule has 4 nitrogen and oxygen atoms in total. The summed E-state index contributed by atoms with van der Waals surface area (Å²) in [6.07, 6.45) is 2.42. The van der Waals surface area contributed by atoms with Gasteiger partial charge in [-0.1, -0.05) is 0 Å². The first-order valence-electron chi connectivity index (χ1n) is 4.43. The SMILES string of the molecule is O=C(O)NC1CCC12CCNC2. The van der Waals surface area contributed by atoms with Crippen LogP contribution >= 0.6 is 0 Å². The zero-order valence-corrected chi connectivity index (χ0v) is 6.97. The van der Waals surface area contributed by atoms with Crippen LogP contribution in [0.2, 0.25) is 0 Å². The molecule has 0 aromatic rings. The standard InChI is InChI=1S/C8H14N2O2/c11-7(12)10-6-1-2-8(6)3-4-9-5-8/h6,9-10H,1-5H2,(H,11,12). The van der Waals surface area contributed by atoms with Crippen LogP contribution in [0.15, 0.2) is 0 Å². The molecule has 2 rings (SSSR count). The van der Waals surface area contributed by atoms with Crippen LogP contribution in [0.5, 0.6) is 0 Å². The molecule has 2 fully saturated rings. The summed E-state index contributed by atoms with van der Waals surface area (Å²) in [5.41, 5.74) is 0.262. The fourth-order valence-electron chi connectivity index (χ4n) is 2.35. The minimum absolute atomic E-state index is 0.199. The van der Waals surface area contributed by atoms with Gasteiger partial charge >= 0.3 is 6.09 Å². The van der Waals surface area contributed by atoms with E-state index in [9.17, 15) is 4.79 Å². The normalized spacial score (nSPS) is 39.5. The summed E-state index contributed by atoms with van der Waals surface area (Å²) in [7, 11) is 0. The van der Waals surface area contributed by atoms with E-state index < -0.39 is 6.09 Å². The summed E-state index contributed by atoms with van der Waals surface area (Å²) in [5, 5.41) is 14.4. The molecule has 1 aliphatic carbocycles. The lowest BCUT2D eigenvalue weighted by atomic mass is 9.64.